The number of unbranched alkanes of at least 4 members (excludes halogenated alkanes) is 32. The smallest absolute Gasteiger partial charge is 0.306 e. The molecule has 6 nitrogen and oxygen atoms in total. The molecule has 0 aliphatic carbocycles. The van der Waals surface area contributed by atoms with Crippen molar-refractivity contribution in [2.45, 2.75) is 290 Å². The molecule has 0 spiro atoms. The van der Waals surface area contributed by atoms with E-state index in [0.717, 1.165) is 89.9 Å². The molecule has 0 fully saturated rings. The fourth-order valence-electron chi connectivity index (χ4n) is 7.72. The number of hydrogen-bond acceptors (Lipinski definition) is 6. The number of hydrogen-bond donors (Lipinski definition) is 0. The molecule has 0 heterocycles. The fourth-order valence-corrected chi connectivity index (χ4v) is 7.72. The van der Waals surface area contributed by atoms with Crippen LogP contribution in [-0.2, 0) is 28.6 Å². The summed E-state index contributed by atoms with van der Waals surface area (Å²) in [5.74, 6) is -0.916. The Morgan fingerprint density at radius 2 is 0.532 bits per heavy atom. The van der Waals surface area contributed by atoms with E-state index < -0.39 is 6.10 Å². The van der Waals surface area contributed by atoms with Crippen molar-refractivity contribution in [1.82, 2.24) is 0 Å². The largest absolute Gasteiger partial charge is 0.462 e. The first-order valence-electron chi connectivity index (χ1n) is 27.0. The van der Waals surface area contributed by atoms with Gasteiger partial charge < -0.3 is 14.2 Å². The summed E-state index contributed by atoms with van der Waals surface area (Å²) in [6.07, 6.45) is 59.9. The number of esters is 3. The Kier molecular flexibility index (Phi) is 49.3. The van der Waals surface area contributed by atoms with Gasteiger partial charge in [-0.1, -0.05) is 205 Å². The van der Waals surface area contributed by atoms with Crippen LogP contribution in [0.3, 0.4) is 0 Å². The SMILES string of the molecule is CCCCCCCC/C=C\CCCCCC(=O)OCC(COC(=O)CCCCCCC/C=C\CCCCCCCCCCC)OC(=O)CCCCC/C=C\CCCCCCCC. The van der Waals surface area contributed by atoms with E-state index in [1.54, 1.807) is 0 Å². The molecule has 0 aromatic rings. The number of allylic oxidation sites excluding steroid dienone is 6. The summed E-state index contributed by atoms with van der Waals surface area (Å²) < 4.78 is 16.8. The highest BCUT2D eigenvalue weighted by Crippen LogP contribution is 2.14. The number of carbonyl (C=O) groups excluding carboxylic acids is 3. The van der Waals surface area contributed by atoms with Crippen LogP contribution in [0, 0.1) is 0 Å². The summed E-state index contributed by atoms with van der Waals surface area (Å²) in [6.45, 7) is 6.61. The van der Waals surface area contributed by atoms with E-state index in [0.29, 0.717) is 19.3 Å². The maximum absolute atomic E-state index is 12.8. The molecular weight excluding hydrogens is 769 g/mol. The van der Waals surface area contributed by atoms with Gasteiger partial charge in [0.1, 0.15) is 13.2 Å². The van der Waals surface area contributed by atoms with Gasteiger partial charge >= 0.3 is 17.9 Å². The molecule has 1 atom stereocenters. The Bertz CT molecular complexity index is 1050. The van der Waals surface area contributed by atoms with Crippen LogP contribution in [0.15, 0.2) is 36.5 Å². The molecule has 0 amide bonds. The minimum Gasteiger partial charge on any atom is -0.462 e. The number of carbonyl (C=O) groups is 3. The third-order valence-corrected chi connectivity index (χ3v) is 11.8. The maximum Gasteiger partial charge on any atom is 0.306 e. The lowest BCUT2D eigenvalue weighted by Crippen LogP contribution is -2.30. The predicted octanol–water partition coefficient (Wildman–Crippen LogP) is 17.7. The van der Waals surface area contributed by atoms with Crippen molar-refractivity contribution in [2.75, 3.05) is 13.2 Å². The summed E-state index contributed by atoms with van der Waals surface area (Å²) in [5, 5.41) is 0. The topological polar surface area (TPSA) is 78.9 Å². The molecule has 0 radical (unpaired) electrons. The van der Waals surface area contributed by atoms with E-state index in [1.165, 1.54) is 154 Å². The molecule has 0 N–H and O–H groups in total. The van der Waals surface area contributed by atoms with Crippen LogP contribution in [0.25, 0.3) is 0 Å². The van der Waals surface area contributed by atoms with E-state index in [-0.39, 0.29) is 31.1 Å². The maximum atomic E-state index is 12.8. The van der Waals surface area contributed by atoms with Crippen LogP contribution in [0.2, 0.25) is 0 Å². The normalized spacial score (nSPS) is 12.2. The van der Waals surface area contributed by atoms with Gasteiger partial charge in [0.2, 0.25) is 0 Å². The first kappa shape index (κ1) is 59.6. The quantitative estimate of drug-likeness (QED) is 0.0262. The highest BCUT2D eigenvalue weighted by atomic mass is 16.6. The van der Waals surface area contributed by atoms with Gasteiger partial charge in [-0.15, -0.1) is 0 Å². The van der Waals surface area contributed by atoms with E-state index in [2.05, 4.69) is 57.2 Å². The van der Waals surface area contributed by atoms with Crippen LogP contribution in [0.4, 0.5) is 0 Å². The van der Waals surface area contributed by atoms with Gasteiger partial charge in [0, 0.05) is 19.3 Å². The van der Waals surface area contributed by atoms with Gasteiger partial charge in [-0.2, -0.15) is 0 Å². The van der Waals surface area contributed by atoms with Gasteiger partial charge in [-0.3, -0.25) is 14.4 Å². The molecule has 0 aliphatic heterocycles. The van der Waals surface area contributed by atoms with Crippen molar-refractivity contribution in [3.05, 3.63) is 36.5 Å². The third kappa shape index (κ3) is 48.7. The van der Waals surface area contributed by atoms with Crippen molar-refractivity contribution in [3.8, 4) is 0 Å². The highest BCUT2D eigenvalue weighted by Gasteiger charge is 2.19. The van der Waals surface area contributed by atoms with Gasteiger partial charge in [0.15, 0.2) is 6.10 Å². The molecule has 1 unspecified atom stereocenters. The zero-order chi connectivity index (χ0) is 45.1. The van der Waals surface area contributed by atoms with Crippen LogP contribution in [0.1, 0.15) is 284 Å². The lowest BCUT2D eigenvalue weighted by atomic mass is 10.1. The number of rotatable bonds is 49. The standard InChI is InChI=1S/C56H102O6/c1-4-7-10-13-16-19-22-25-26-27-28-29-32-34-37-40-43-46-49-55(58)61-52-53(62-56(59)50-47-44-41-38-35-31-24-21-18-15-12-9-6-3)51-60-54(57)48-45-42-39-36-33-30-23-20-17-14-11-8-5-2/h28-31,33,35,53H,4-27,32,34,36-52H2,1-3H3/b29-28-,33-30-,35-31-. The minimum atomic E-state index is -0.787. The Morgan fingerprint density at radius 1 is 0.306 bits per heavy atom. The average molecular weight is 871 g/mol. The van der Waals surface area contributed by atoms with Gasteiger partial charge in [-0.25, -0.2) is 0 Å². The molecule has 0 rings (SSSR count). The van der Waals surface area contributed by atoms with Crippen LogP contribution in [-0.4, -0.2) is 37.2 Å². The lowest BCUT2D eigenvalue weighted by Gasteiger charge is -2.18. The highest BCUT2D eigenvalue weighted by molar-refractivity contribution is 5.71. The summed E-state index contributed by atoms with van der Waals surface area (Å²) in [6, 6.07) is 0. The lowest BCUT2D eigenvalue weighted by molar-refractivity contribution is -0.167. The Labute approximate surface area is 385 Å². The third-order valence-electron chi connectivity index (χ3n) is 11.8. The molecule has 0 bridgehead atoms. The molecule has 0 saturated carbocycles. The first-order chi connectivity index (χ1) is 30.5. The zero-order valence-electron chi connectivity index (χ0n) is 41.4. The molecule has 0 aromatic carbocycles. The van der Waals surface area contributed by atoms with Crippen LogP contribution in [0.5, 0.6) is 0 Å². The molecule has 0 aromatic heterocycles. The van der Waals surface area contributed by atoms with E-state index in [9.17, 15) is 14.4 Å². The van der Waals surface area contributed by atoms with Crippen molar-refractivity contribution >= 4 is 17.9 Å². The number of ether oxygens (including phenoxy) is 3. The average Bonchev–Trinajstić information content (AvgIpc) is 3.27. The van der Waals surface area contributed by atoms with Crippen molar-refractivity contribution in [1.29, 1.82) is 0 Å². The van der Waals surface area contributed by atoms with E-state index in [1.807, 2.05) is 0 Å². The molecule has 0 aliphatic rings. The van der Waals surface area contributed by atoms with Crippen molar-refractivity contribution < 1.29 is 28.6 Å². The second-order valence-electron chi connectivity index (χ2n) is 18.1. The van der Waals surface area contributed by atoms with Crippen molar-refractivity contribution in [2.24, 2.45) is 0 Å². The second-order valence-corrected chi connectivity index (χ2v) is 18.1. The van der Waals surface area contributed by atoms with E-state index >= 15 is 0 Å². The Balaban J connectivity index is 4.37. The molecular formula is C56H102O6. The minimum absolute atomic E-state index is 0.0856. The zero-order valence-corrected chi connectivity index (χ0v) is 41.4. The van der Waals surface area contributed by atoms with Crippen LogP contribution < -0.4 is 0 Å². The molecule has 62 heavy (non-hydrogen) atoms. The second kappa shape index (κ2) is 51.3. The van der Waals surface area contributed by atoms with Gasteiger partial charge in [0.25, 0.3) is 0 Å². The predicted molar refractivity (Wildman–Crippen MR) is 266 cm³/mol. The van der Waals surface area contributed by atoms with E-state index in [4.69, 9.17) is 14.2 Å². The van der Waals surface area contributed by atoms with Crippen molar-refractivity contribution in [3.63, 3.8) is 0 Å². The van der Waals surface area contributed by atoms with Gasteiger partial charge in [-0.05, 0) is 96.3 Å². The van der Waals surface area contributed by atoms with Gasteiger partial charge in [0.05, 0.1) is 0 Å². The monoisotopic (exact) mass is 871 g/mol. The molecule has 6 heteroatoms. The first-order valence-corrected chi connectivity index (χ1v) is 27.0. The summed E-state index contributed by atoms with van der Waals surface area (Å²) in [4.78, 5) is 38.0. The molecule has 0 saturated heterocycles. The Morgan fingerprint density at radius 3 is 0.823 bits per heavy atom. The Hall–Kier alpha value is -2.37. The summed E-state index contributed by atoms with van der Waals surface area (Å²) in [5.41, 5.74) is 0. The fraction of sp³-hybridized carbons (Fsp3) is 0.839. The molecule has 362 valence electrons. The van der Waals surface area contributed by atoms with Crippen LogP contribution >= 0.6 is 0 Å². The summed E-state index contributed by atoms with van der Waals surface area (Å²) in [7, 11) is 0. The summed E-state index contributed by atoms with van der Waals surface area (Å²) >= 11 is 0.